The van der Waals surface area contributed by atoms with Crippen molar-refractivity contribution in [1.82, 2.24) is 9.97 Å². The summed E-state index contributed by atoms with van der Waals surface area (Å²) in [6.45, 7) is -0.174. The molecule has 0 saturated heterocycles. The summed E-state index contributed by atoms with van der Waals surface area (Å²) < 4.78 is 41.4. The number of nitrogens with zero attached hydrogens (tertiary/aromatic N) is 2. The second-order valence-electron chi connectivity index (χ2n) is 4.87. The molecule has 0 aliphatic carbocycles. The average Bonchev–Trinajstić information content (AvgIpc) is 2.53. The van der Waals surface area contributed by atoms with E-state index in [4.69, 9.17) is 0 Å². The standard InChI is InChI=1S/C16H10F3IN2O2/c17-16(18,19)24-10-3-1-9(2-4-10)11-7-13(20)12(8-23)15-14(11)21-5-6-22-15/h1-7,23H,8H2. The van der Waals surface area contributed by atoms with Gasteiger partial charge in [0.05, 0.1) is 17.6 Å². The lowest BCUT2D eigenvalue weighted by Gasteiger charge is -2.12. The zero-order valence-corrected chi connectivity index (χ0v) is 14.2. The fourth-order valence-electron chi connectivity index (χ4n) is 2.36. The molecular weight excluding hydrogens is 436 g/mol. The third-order valence-electron chi connectivity index (χ3n) is 3.36. The van der Waals surface area contributed by atoms with Crippen LogP contribution >= 0.6 is 22.6 Å². The largest absolute Gasteiger partial charge is 0.573 e. The van der Waals surface area contributed by atoms with E-state index in [0.29, 0.717) is 22.2 Å². The molecule has 1 aromatic heterocycles. The van der Waals surface area contributed by atoms with E-state index in [1.54, 1.807) is 0 Å². The van der Waals surface area contributed by atoms with Gasteiger partial charge in [-0.2, -0.15) is 0 Å². The topological polar surface area (TPSA) is 55.2 Å². The van der Waals surface area contributed by atoms with Crippen molar-refractivity contribution in [1.29, 1.82) is 0 Å². The molecule has 1 N–H and O–H groups in total. The van der Waals surface area contributed by atoms with Crippen LogP contribution in [0.1, 0.15) is 5.56 Å². The first-order valence-corrected chi connectivity index (χ1v) is 7.86. The lowest BCUT2D eigenvalue weighted by atomic mass is 10.0. The van der Waals surface area contributed by atoms with Crippen molar-refractivity contribution in [3.8, 4) is 16.9 Å². The van der Waals surface area contributed by atoms with Gasteiger partial charge in [0.2, 0.25) is 0 Å². The molecule has 0 amide bonds. The molecule has 4 nitrogen and oxygen atoms in total. The van der Waals surface area contributed by atoms with Crippen LogP contribution in [-0.4, -0.2) is 21.4 Å². The van der Waals surface area contributed by atoms with Gasteiger partial charge in [-0.3, -0.25) is 9.97 Å². The van der Waals surface area contributed by atoms with Crippen LogP contribution in [0.4, 0.5) is 13.2 Å². The summed E-state index contributed by atoms with van der Waals surface area (Å²) in [5.74, 6) is -0.289. The number of alkyl halides is 3. The molecule has 0 unspecified atom stereocenters. The average molecular weight is 446 g/mol. The van der Waals surface area contributed by atoms with Gasteiger partial charge in [-0.05, 0) is 46.4 Å². The van der Waals surface area contributed by atoms with Gasteiger partial charge in [0.15, 0.2) is 0 Å². The number of fused-ring (bicyclic) bond motifs is 1. The predicted octanol–water partition coefficient (Wildman–Crippen LogP) is 4.29. The van der Waals surface area contributed by atoms with Gasteiger partial charge in [0.25, 0.3) is 0 Å². The van der Waals surface area contributed by atoms with Gasteiger partial charge in [0.1, 0.15) is 5.75 Å². The van der Waals surface area contributed by atoms with E-state index < -0.39 is 6.36 Å². The minimum atomic E-state index is -4.72. The maximum Gasteiger partial charge on any atom is 0.573 e. The molecule has 0 radical (unpaired) electrons. The van der Waals surface area contributed by atoms with Crippen LogP contribution in [0.5, 0.6) is 5.75 Å². The van der Waals surface area contributed by atoms with Gasteiger partial charge in [-0.15, -0.1) is 13.2 Å². The molecule has 24 heavy (non-hydrogen) atoms. The first-order valence-electron chi connectivity index (χ1n) is 6.78. The molecule has 1 heterocycles. The number of rotatable bonds is 3. The number of aliphatic hydroxyl groups is 1. The van der Waals surface area contributed by atoms with E-state index in [1.807, 2.05) is 6.07 Å². The Hall–Kier alpha value is -1.94. The Morgan fingerprint density at radius 2 is 1.67 bits per heavy atom. The molecule has 0 atom stereocenters. The van der Waals surface area contributed by atoms with Gasteiger partial charge >= 0.3 is 6.36 Å². The molecule has 0 spiro atoms. The Morgan fingerprint density at radius 3 is 2.25 bits per heavy atom. The van der Waals surface area contributed by atoms with Crippen LogP contribution < -0.4 is 4.74 Å². The Bertz CT molecular complexity index is 883. The van der Waals surface area contributed by atoms with Crippen molar-refractivity contribution < 1.29 is 23.0 Å². The zero-order chi connectivity index (χ0) is 17.3. The van der Waals surface area contributed by atoms with Gasteiger partial charge in [0, 0.05) is 27.1 Å². The molecule has 124 valence electrons. The molecule has 0 fully saturated rings. The highest BCUT2D eigenvalue weighted by Crippen LogP contribution is 2.33. The van der Waals surface area contributed by atoms with Gasteiger partial charge < -0.3 is 9.84 Å². The molecule has 8 heteroatoms. The molecule has 0 bridgehead atoms. The number of hydrogen-bond acceptors (Lipinski definition) is 4. The summed E-state index contributed by atoms with van der Waals surface area (Å²) >= 11 is 2.08. The first kappa shape index (κ1) is 16.9. The van der Waals surface area contributed by atoms with Crippen molar-refractivity contribution in [3.63, 3.8) is 0 Å². The SMILES string of the molecule is OCc1c(I)cc(-c2ccc(OC(F)(F)F)cc2)c2nccnc12. The van der Waals surface area contributed by atoms with E-state index in [9.17, 15) is 18.3 Å². The number of ether oxygens (including phenoxy) is 1. The molecule has 3 aromatic rings. The molecule has 0 saturated carbocycles. The molecular formula is C16H10F3IN2O2. The van der Waals surface area contributed by atoms with Crippen LogP contribution in [0, 0.1) is 3.57 Å². The van der Waals surface area contributed by atoms with Crippen LogP contribution in [-0.2, 0) is 6.61 Å². The summed E-state index contributed by atoms with van der Waals surface area (Å²) in [5.41, 5.74) is 3.21. The van der Waals surface area contributed by atoms with E-state index >= 15 is 0 Å². The van der Waals surface area contributed by atoms with Gasteiger partial charge in [-0.1, -0.05) is 12.1 Å². The van der Waals surface area contributed by atoms with Gasteiger partial charge in [-0.25, -0.2) is 0 Å². The van der Waals surface area contributed by atoms with E-state index in [2.05, 4.69) is 37.3 Å². The zero-order valence-electron chi connectivity index (χ0n) is 12.0. The Morgan fingerprint density at radius 1 is 1.04 bits per heavy atom. The molecule has 3 rings (SSSR count). The van der Waals surface area contributed by atoms with Crippen LogP contribution in [0.3, 0.4) is 0 Å². The van der Waals surface area contributed by atoms with Crippen molar-refractivity contribution in [2.75, 3.05) is 0 Å². The summed E-state index contributed by atoms with van der Waals surface area (Å²) in [6, 6.07) is 7.37. The normalized spacial score (nSPS) is 11.7. The number of aliphatic hydroxyl groups excluding tert-OH is 1. The van der Waals surface area contributed by atoms with Crippen LogP contribution in [0.2, 0.25) is 0 Å². The minimum Gasteiger partial charge on any atom is -0.406 e. The Balaban J connectivity index is 2.10. The van der Waals surface area contributed by atoms with E-state index in [-0.39, 0.29) is 12.4 Å². The van der Waals surface area contributed by atoms with Crippen molar-refractivity contribution in [2.24, 2.45) is 0 Å². The second kappa shape index (κ2) is 6.52. The Kier molecular flexibility index (Phi) is 4.59. The summed E-state index contributed by atoms with van der Waals surface area (Å²) in [5, 5.41) is 9.53. The number of halogens is 4. The highest BCUT2D eigenvalue weighted by molar-refractivity contribution is 14.1. The maximum atomic E-state index is 12.2. The summed E-state index contributed by atoms with van der Waals surface area (Å²) in [6.07, 6.45) is -1.67. The fraction of sp³-hybridized carbons (Fsp3) is 0.125. The van der Waals surface area contributed by atoms with Crippen molar-refractivity contribution in [2.45, 2.75) is 13.0 Å². The van der Waals surface area contributed by atoms with Crippen LogP contribution in [0.15, 0.2) is 42.7 Å². The fourth-order valence-corrected chi connectivity index (χ4v) is 3.10. The second-order valence-corrected chi connectivity index (χ2v) is 6.03. The van der Waals surface area contributed by atoms with Crippen molar-refractivity contribution in [3.05, 3.63) is 51.9 Å². The molecule has 0 aliphatic heterocycles. The van der Waals surface area contributed by atoms with Crippen molar-refractivity contribution >= 4 is 33.6 Å². The molecule has 2 aromatic carbocycles. The smallest absolute Gasteiger partial charge is 0.406 e. The van der Waals surface area contributed by atoms with E-state index in [0.717, 1.165) is 9.13 Å². The number of benzene rings is 2. The third-order valence-corrected chi connectivity index (χ3v) is 4.32. The highest BCUT2D eigenvalue weighted by atomic mass is 127. The third kappa shape index (κ3) is 3.44. The number of aromatic nitrogens is 2. The monoisotopic (exact) mass is 446 g/mol. The first-order chi connectivity index (χ1) is 11.4. The lowest BCUT2D eigenvalue weighted by molar-refractivity contribution is -0.274. The Labute approximate surface area is 148 Å². The number of hydrogen-bond donors (Lipinski definition) is 1. The predicted molar refractivity (Wildman–Crippen MR) is 90.3 cm³/mol. The van der Waals surface area contributed by atoms with E-state index in [1.165, 1.54) is 36.7 Å². The molecule has 0 aliphatic rings. The highest BCUT2D eigenvalue weighted by Gasteiger charge is 2.31. The quantitative estimate of drug-likeness (QED) is 0.611. The minimum absolute atomic E-state index is 0.174. The summed E-state index contributed by atoms with van der Waals surface area (Å²) in [4.78, 5) is 8.57. The summed E-state index contributed by atoms with van der Waals surface area (Å²) in [7, 11) is 0. The lowest BCUT2D eigenvalue weighted by Crippen LogP contribution is -2.16. The van der Waals surface area contributed by atoms with Crippen LogP contribution in [0.25, 0.3) is 22.2 Å². The maximum absolute atomic E-state index is 12.2.